The number of likely N-dealkylation sites (tertiary alicyclic amines) is 1. The van der Waals surface area contributed by atoms with E-state index in [4.69, 9.17) is 4.52 Å². The maximum Gasteiger partial charge on any atom is 0.290 e. The van der Waals surface area contributed by atoms with Crippen LogP contribution in [0.15, 0.2) is 40.0 Å². The van der Waals surface area contributed by atoms with Gasteiger partial charge in [-0.1, -0.05) is 49.7 Å². The van der Waals surface area contributed by atoms with E-state index in [9.17, 15) is 9.70 Å². The molecular weight excluding hydrogens is 342 g/mol. The summed E-state index contributed by atoms with van der Waals surface area (Å²) in [6.07, 6.45) is 0.706. The molecule has 0 aliphatic carbocycles. The summed E-state index contributed by atoms with van der Waals surface area (Å²) in [5.41, 5.74) is 3.04. The lowest BCUT2D eigenvalue weighted by Crippen LogP contribution is -2.46. The third-order valence-corrected chi connectivity index (χ3v) is 5.44. The highest BCUT2D eigenvalue weighted by Gasteiger charge is 2.37. The van der Waals surface area contributed by atoms with Crippen molar-refractivity contribution in [1.29, 1.82) is 0 Å². The molecule has 2 atom stereocenters. The molecule has 1 aliphatic heterocycles. The van der Waals surface area contributed by atoms with Crippen molar-refractivity contribution in [3.05, 3.63) is 46.5 Å². The van der Waals surface area contributed by atoms with Crippen LogP contribution in [0.1, 0.15) is 38.4 Å². The highest BCUT2D eigenvalue weighted by atomic mass is 16.5. The molecule has 27 heavy (non-hydrogen) atoms. The number of aromatic nitrogens is 1. The van der Waals surface area contributed by atoms with Crippen LogP contribution < -0.4 is 0 Å². The van der Waals surface area contributed by atoms with E-state index >= 15 is 0 Å². The highest BCUT2D eigenvalue weighted by Crippen LogP contribution is 2.36. The summed E-state index contributed by atoms with van der Waals surface area (Å²) in [4.78, 5) is 24.9. The van der Waals surface area contributed by atoms with Crippen molar-refractivity contribution < 1.29 is 9.32 Å². The Morgan fingerprint density at radius 1 is 1.30 bits per heavy atom. The van der Waals surface area contributed by atoms with Gasteiger partial charge in [0, 0.05) is 36.4 Å². The van der Waals surface area contributed by atoms with Gasteiger partial charge in [0.25, 0.3) is 5.91 Å². The van der Waals surface area contributed by atoms with E-state index in [0.29, 0.717) is 25.4 Å². The van der Waals surface area contributed by atoms with Crippen molar-refractivity contribution in [2.24, 2.45) is 22.4 Å². The molecule has 1 amide bonds. The van der Waals surface area contributed by atoms with Gasteiger partial charge in [-0.2, -0.15) is 0 Å². The van der Waals surface area contributed by atoms with Crippen molar-refractivity contribution in [2.75, 3.05) is 13.1 Å². The summed E-state index contributed by atoms with van der Waals surface area (Å²) >= 11 is 0. The number of carbonyl (C=O) groups is 1. The second-order valence-corrected chi connectivity index (χ2v) is 8.67. The molecule has 6 nitrogen and oxygen atoms in total. The first-order valence-electron chi connectivity index (χ1n) is 9.38. The third kappa shape index (κ3) is 4.69. The van der Waals surface area contributed by atoms with Gasteiger partial charge in [-0.15, -0.1) is 4.91 Å². The number of hydrogen-bond donors (Lipinski definition) is 0. The van der Waals surface area contributed by atoms with Crippen LogP contribution in [0, 0.1) is 29.1 Å². The van der Waals surface area contributed by atoms with Crippen molar-refractivity contribution in [3.8, 4) is 11.3 Å². The molecule has 0 bridgehead atoms. The van der Waals surface area contributed by atoms with E-state index < -0.39 is 5.91 Å². The number of benzene rings is 1. The zero-order chi connectivity index (χ0) is 19.6. The lowest BCUT2D eigenvalue weighted by atomic mass is 9.73. The highest BCUT2D eigenvalue weighted by molar-refractivity contribution is 5.79. The molecule has 1 fully saturated rings. The van der Waals surface area contributed by atoms with E-state index in [1.165, 1.54) is 0 Å². The molecule has 0 N–H and O–H groups in total. The Kier molecular flexibility index (Phi) is 5.56. The molecule has 1 aromatic carbocycles. The van der Waals surface area contributed by atoms with Gasteiger partial charge in [0.15, 0.2) is 5.76 Å². The minimum absolute atomic E-state index is 0.0522. The maximum atomic E-state index is 11.9. The molecule has 1 aromatic heterocycles. The predicted octanol–water partition coefficient (Wildman–Crippen LogP) is 4.43. The van der Waals surface area contributed by atoms with Crippen LogP contribution in [-0.4, -0.2) is 29.1 Å². The van der Waals surface area contributed by atoms with Gasteiger partial charge in [-0.25, -0.2) is 0 Å². The summed E-state index contributed by atoms with van der Waals surface area (Å²) in [6, 6.07) is 10.0. The van der Waals surface area contributed by atoms with Gasteiger partial charge in [0.2, 0.25) is 0 Å². The van der Waals surface area contributed by atoms with E-state index in [1.807, 2.05) is 31.2 Å². The molecule has 2 aromatic rings. The van der Waals surface area contributed by atoms with Crippen LogP contribution in [0.3, 0.4) is 0 Å². The fraction of sp³-hybridized carbons (Fsp3) is 0.524. The fourth-order valence-electron chi connectivity index (χ4n) is 3.75. The number of hydrogen-bond acceptors (Lipinski definition) is 5. The van der Waals surface area contributed by atoms with Gasteiger partial charge in [-0.3, -0.25) is 9.69 Å². The average molecular weight is 369 g/mol. The molecule has 1 saturated heterocycles. The van der Waals surface area contributed by atoms with Gasteiger partial charge in [0.1, 0.15) is 0 Å². The summed E-state index contributed by atoms with van der Waals surface area (Å²) in [6.45, 7) is 10.5. The van der Waals surface area contributed by atoms with Gasteiger partial charge < -0.3 is 4.52 Å². The minimum Gasteiger partial charge on any atom is -0.356 e. The Balaban J connectivity index is 1.75. The van der Waals surface area contributed by atoms with Gasteiger partial charge >= 0.3 is 0 Å². The smallest absolute Gasteiger partial charge is 0.290 e. The van der Waals surface area contributed by atoms with Crippen LogP contribution in [0.2, 0.25) is 0 Å². The van der Waals surface area contributed by atoms with Crippen LogP contribution in [0.25, 0.3) is 11.3 Å². The van der Waals surface area contributed by atoms with Crippen molar-refractivity contribution in [3.63, 3.8) is 0 Å². The molecule has 3 rings (SSSR count). The molecular formula is C21H27N3O3. The summed E-state index contributed by atoms with van der Waals surface area (Å²) in [7, 11) is 0. The quantitative estimate of drug-likeness (QED) is 0.745. The number of nitrogens with zero attached hydrogens (tertiary/aromatic N) is 3. The number of aryl methyl sites for hydroxylation is 1. The van der Waals surface area contributed by atoms with Crippen LogP contribution in [-0.2, 0) is 11.3 Å². The third-order valence-electron chi connectivity index (χ3n) is 5.44. The number of rotatable bonds is 4. The van der Waals surface area contributed by atoms with Crippen molar-refractivity contribution >= 4 is 5.91 Å². The number of nitroso groups, excluding NO2 is 1. The number of carbonyl (C=O) groups excluding carboxylic acids is 1. The molecule has 2 heterocycles. The normalized spacial score (nSPS) is 21.2. The van der Waals surface area contributed by atoms with Crippen LogP contribution in [0.4, 0.5) is 0 Å². The number of piperidine rings is 1. The van der Waals surface area contributed by atoms with E-state index in [-0.39, 0.29) is 11.3 Å². The van der Waals surface area contributed by atoms with Crippen LogP contribution >= 0.6 is 0 Å². The maximum absolute atomic E-state index is 11.9. The SMILES string of the molecule is Cc1cccc(-c2cc(CN3CC(C(=O)N=O)CC(C(C)(C)C)C3)no2)c1. The lowest BCUT2D eigenvalue weighted by molar-refractivity contribution is -0.125. The first-order chi connectivity index (χ1) is 12.8. The molecule has 2 unspecified atom stereocenters. The molecule has 0 radical (unpaired) electrons. The van der Waals surface area contributed by atoms with E-state index in [2.05, 4.69) is 42.1 Å². The average Bonchev–Trinajstić information content (AvgIpc) is 3.08. The van der Waals surface area contributed by atoms with Gasteiger partial charge in [0.05, 0.1) is 11.6 Å². The molecule has 6 heteroatoms. The Labute approximate surface area is 159 Å². The Morgan fingerprint density at radius 2 is 2.07 bits per heavy atom. The molecule has 0 spiro atoms. The molecule has 144 valence electrons. The fourth-order valence-corrected chi connectivity index (χ4v) is 3.75. The summed E-state index contributed by atoms with van der Waals surface area (Å²) in [5.74, 6) is 0.156. The monoisotopic (exact) mass is 369 g/mol. The molecule has 0 saturated carbocycles. The first kappa shape index (κ1) is 19.4. The minimum atomic E-state index is -0.547. The Bertz CT molecular complexity index is 822. The van der Waals surface area contributed by atoms with E-state index in [1.54, 1.807) is 0 Å². The lowest BCUT2D eigenvalue weighted by Gasteiger charge is -2.42. The standard InChI is InChI=1S/C21H27N3O3/c1-14-6-5-7-15(8-14)19-10-18(23-27-19)13-24-11-16(20(25)22-26)9-17(12-24)21(2,3)4/h5-8,10,16-17H,9,11-13H2,1-4H3. The molecule has 1 aliphatic rings. The second-order valence-electron chi connectivity index (χ2n) is 8.67. The van der Waals surface area contributed by atoms with Crippen molar-refractivity contribution in [2.45, 2.75) is 40.7 Å². The zero-order valence-electron chi connectivity index (χ0n) is 16.4. The Morgan fingerprint density at radius 3 is 2.74 bits per heavy atom. The van der Waals surface area contributed by atoms with Crippen LogP contribution in [0.5, 0.6) is 0 Å². The van der Waals surface area contributed by atoms with Crippen molar-refractivity contribution in [1.82, 2.24) is 10.1 Å². The Hall–Kier alpha value is -2.34. The summed E-state index contributed by atoms with van der Waals surface area (Å²) in [5, 5.41) is 6.88. The zero-order valence-corrected chi connectivity index (χ0v) is 16.4. The second kappa shape index (κ2) is 7.72. The van der Waals surface area contributed by atoms with E-state index in [0.717, 1.165) is 29.1 Å². The summed E-state index contributed by atoms with van der Waals surface area (Å²) < 4.78 is 5.52. The topological polar surface area (TPSA) is 75.8 Å². The predicted molar refractivity (Wildman–Crippen MR) is 104 cm³/mol. The first-order valence-corrected chi connectivity index (χ1v) is 9.38. The largest absolute Gasteiger partial charge is 0.356 e. The van der Waals surface area contributed by atoms with Gasteiger partial charge in [-0.05, 0) is 30.7 Å². The number of amides is 1.